The zero-order chi connectivity index (χ0) is 27.1. The summed E-state index contributed by atoms with van der Waals surface area (Å²) in [7, 11) is -2.13. The third-order valence-corrected chi connectivity index (χ3v) is 8.39. The van der Waals surface area contributed by atoms with E-state index in [1.54, 1.807) is 7.11 Å². The fraction of sp³-hybridized carbons (Fsp3) is 0.357. The van der Waals surface area contributed by atoms with E-state index >= 15 is 0 Å². The molecule has 38 heavy (non-hydrogen) atoms. The van der Waals surface area contributed by atoms with Crippen LogP contribution >= 0.6 is 0 Å². The maximum Gasteiger partial charge on any atom is 0.387 e. The topological polar surface area (TPSA) is 68.3 Å². The van der Waals surface area contributed by atoms with Crippen LogP contribution in [0.25, 0.3) is 0 Å². The Morgan fingerprint density at radius 2 is 1.58 bits per heavy atom. The molecule has 0 spiro atoms. The van der Waals surface area contributed by atoms with E-state index in [1.165, 1.54) is 34.1 Å². The van der Waals surface area contributed by atoms with Crippen molar-refractivity contribution in [1.29, 1.82) is 0 Å². The average Bonchev–Trinajstić information content (AvgIpc) is 2.92. The number of hydrogen-bond acceptors (Lipinski definition) is 6. The lowest BCUT2D eigenvalue weighted by atomic mass is 10.1. The molecule has 1 saturated heterocycles. The normalized spacial score (nSPS) is 15.9. The van der Waals surface area contributed by atoms with Gasteiger partial charge in [0.05, 0.1) is 24.7 Å². The Balaban J connectivity index is 1.40. The van der Waals surface area contributed by atoms with Crippen LogP contribution in [0.1, 0.15) is 22.8 Å². The Morgan fingerprint density at radius 3 is 2.21 bits per heavy atom. The SMILES string of the molecule is COc1cccc([C@H](CN2CCN(S(=O)(=O)c3ccc(OC(F)F)cc3)CC2)OCc2ccc(C)cc2)c1. The maximum atomic E-state index is 13.1. The van der Waals surface area contributed by atoms with Gasteiger partial charge in [0, 0.05) is 32.7 Å². The highest BCUT2D eigenvalue weighted by Crippen LogP contribution is 2.26. The minimum Gasteiger partial charge on any atom is -0.497 e. The molecule has 0 aromatic heterocycles. The molecule has 1 fully saturated rings. The smallest absolute Gasteiger partial charge is 0.387 e. The highest BCUT2D eigenvalue weighted by molar-refractivity contribution is 7.89. The Morgan fingerprint density at radius 1 is 0.895 bits per heavy atom. The second-order valence-corrected chi connectivity index (χ2v) is 11.1. The van der Waals surface area contributed by atoms with E-state index in [9.17, 15) is 17.2 Å². The van der Waals surface area contributed by atoms with Crippen LogP contribution in [-0.4, -0.2) is 64.1 Å². The van der Waals surface area contributed by atoms with Gasteiger partial charge in [0.2, 0.25) is 10.0 Å². The van der Waals surface area contributed by atoms with Crippen LogP contribution in [-0.2, 0) is 21.4 Å². The number of benzene rings is 3. The molecule has 0 unspecified atom stereocenters. The fourth-order valence-corrected chi connectivity index (χ4v) is 5.73. The molecular formula is C28H32F2N2O5S. The van der Waals surface area contributed by atoms with Gasteiger partial charge in [0.15, 0.2) is 0 Å². The summed E-state index contributed by atoms with van der Waals surface area (Å²) in [5, 5.41) is 0. The first-order valence-electron chi connectivity index (χ1n) is 12.3. The van der Waals surface area contributed by atoms with Crippen molar-refractivity contribution in [1.82, 2.24) is 9.21 Å². The number of ether oxygens (including phenoxy) is 3. The summed E-state index contributed by atoms with van der Waals surface area (Å²) in [6.07, 6.45) is -0.239. The quantitative estimate of drug-likeness (QED) is 0.342. The predicted molar refractivity (Wildman–Crippen MR) is 140 cm³/mol. The number of alkyl halides is 2. The van der Waals surface area contributed by atoms with Gasteiger partial charge in [0.1, 0.15) is 11.5 Å². The van der Waals surface area contributed by atoms with Gasteiger partial charge in [-0.25, -0.2) is 8.42 Å². The summed E-state index contributed by atoms with van der Waals surface area (Å²) >= 11 is 0. The molecule has 7 nitrogen and oxygen atoms in total. The van der Waals surface area contributed by atoms with Gasteiger partial charge < -0.3 is 14.2 Å². The maximum absolute atomic E-state index is 13.1. The molecule has 3 aromatic rings. The van der Waals surface area contributed by atoms with Crippen molar-refractivity contribution in [2.45, 2.75) is 31.1 Å². The summed E-state index contributed by atoms with van der Waals surface area (Å²) in [5.74, 6) is 0.658. The summed E-state index contributed by atoms with van der Waals surface area (Å²) in [4.78, 5) is 2.23. The van der Waals surface area contributed by atoms with Crippen LogP contribution in [0, 0.1) is 6.92 Å². The number of halogens is 2. The number of aryl methyl sites for hydroxylation is 1. The van der Waals surface area contributed by atoms with Gasteiger partial charge >= 0.3 is 6.61 Å². The van der Waals surface area contributed by atoms with Crippen molar-refractivity contribution in [2.75, 3.05) is 39.8 Å². The number of rotatable bonds is 11. The molecule has 0 amide bonds. The van der Waals surface area contributed by atoms with Crippen LogP contribution in [0.15, 0.2) is 77.7 Å². The third kappa shape index (κ3) is 7.28. The van der Waals surface area contributed by atoms with E-state index in [4.69, 9.17) is 9.47 Å². The molecule has 0 N–H and O–H groups in total. The highest BCUT2D eigenvalue weighted by Gasteiger charge is 2.30. The van der Waals surface area contributed by atoms with Crippen molar-refractivity contribution >= 4 is 10.0 Å². The number of methoxy groups -OCH3 is 1. The lowest BCUT2D eigenvalue weighted by molar-refractivity contribution is -0.0498. The van der Waals surface area contributed by atoms with E-state index in [2.05, 4.69) is 21.8 Å². The molecule has 0 saturated carbocycles. The van der Waals surface area contributed by atoms with Gasteiger partial charge in [-0.15, -0.1) is 0 Å². The van der Waals surface area contributed by atoms with Crippen molar-refractivity contribution in [3.63, 3.8) is 0 Å². The minimum atomic E-state index is -3.75. The molecule has 1 heterocycles. The Bertz CT molecular complexity index is 1280. The number of piperazine rings is 1. The van der Waals surface area contributed by atoms with E-state index in [0.29, 0.717) is 39.3 Å². The molecule has 1 aliphatic heterocycles. The Hall–Kier alpha value is -3.05. The molecule has 1 aliphatic rings. The van der Waals surface area contributed by atoms with Gasteiger partial charge in [-0.3, -0.25) is 4.90 Å². The van der Waals surface area contributed by atoms with Crippen LogP contribution in [0.5, 0.6) is 11.5 Å². The van der Waals surface area contributed by atoms with Crippen molar-refractivity contribution in [3.8, 4) is 11.5 Å². The molecule has 3 aromatic carbocycles. The van der Waals surface area contributed by atoms with Crippen molar-refractivity contribution < 1.29 is 31.4 Å². The van der Waals surface area contributed by atoms with Crippen LogP contribution in [0.2, 0.25) is 0 Å². The fourth-order valence-electron chi connectivity index (χ4n) is 4.31. The second-order valence-electron chi connectivity index (χ2n) is 9.12. The number of hydrogen-bond donors (Lipinski definition) is 0. The second kappa shape index (κ2) is 12.7. The van der Waals surface area contributed by atoms with Crippen LogP contribution in [0.4, 0.5) is 8.78 Å². The predicted octanol–water partition coefficient (Wildman–Crippen LogP) is 4.87. The molecule has 0 aliphatic carbocycles. The van der Waals surface area contributed by atoms with Gasteiger partial charge in [-0.05, 0) is 54.4 Å². The third-order valence-electron chi connectivity index (χ3n) is 6.48. The molecule has 4 rings (SSSR count). The van der Waals surface area contributed by atoms with E-state index < -0.39 is 16.6 Å². The first-order chi connectivity index (χ1) is 18.2. The monoisotopic (exact) mass is 546 g/mol. The Kier molecular flexibility index (Phi) is 9.32. The Labute approximate surface area is 222 Å². The molecule has 0 bridgehead atoms. The molecule has 204 valence electrons. The van der Waals surface area contributed by atoms with Gasteiger partial charge in [-0.2, -0.15) is 13.1 Å². The molecule has 0 radical (unpaired) electrons. The van der Waals surface area contributed by atoms with E-state index in [-0.39, 0.29) is 16.7 Å². The van der Waals surface area contributed by atoms with E-state index in [1.807, 2.05) is 43.3 Å². The highest BCUT2D eigenvalue weighted by atomic mass is 32.2. The van der Waals surface area contributed by atoms with E-state index in [0.717, 1.165) is 16.9 Å². The number of nitrogens with zero attached hydrogens (tertiary/aromatic N) is 2. The standard InChI is InChI=1S/C28H32F2N2O5S/c1-21-6-8-22(9-7-21)20-36-27(23-4-3-5-25(18-23)35-2)19-31-14-16-32(17-15-31)38(33,34)26-12-10-24(11-13-26)37-28(29)30/h3-13,18,27-28H,14-17,19-20H2,1-2H3/t27-/m0/s1. The average molecular weight is 547 g/mol. The largest absolute Gasteiger partial charge is 0.497 e. The summed E-state index contributed by atoms with van der Waals surface area (Å²) in [6, 6.07) is 21.0. The summed E-state index contributed by atoms with van der Waals surface area (Å²) in [6.45, 7) is 1.78. The van der Waals surface area contributed by atoms with Crippen molar-refractivity contribution in [2.24, 2.45) is 0 Å². The number of sulfonamides is 1. The van der Waals surface area contributed by atoms with Gasteiger partial charge in [0.25, 0.3) is 0 Å². The lowest BCUT2D eigenvalue weighted by Gasteiger charge is -2.36. The minimum absolute atomic E-state index is 0.0447. The molecule has 10 heteroatoms. The van der Waals surface area contributed by atoms with Gasteiger partial charge in [-0.1, -0.05) is 42.0 Å². The van der Waals surface area contributed by atoms with Crippen LogP contribution in [0.3, 0.4) is 0 Å². The zero-order valence-electron chi connectivity index (χ0n) is 21.4. The lowest BCUT2D eigenvalue weighted by Crippen LogP contribution is -2.49. The summed E-state index contributed by atoms with van der Waals surface area (Å²) < 4.78 is 68.5. The first kappa shape index (κ1) is 28.0. The van der Waals surface area contributed by atoms with Crippen LogP contribution < -0.4 is 9.47 Å². The molecular weight excluding hydrogens is 514 g/mol. The first-order valence-corrected chi connectivity index (χ1v) is 13.8. The molecule has 1 atom stereocenters. The van der Waals surface area contributed by atoms with Crippen molar-refractivity contribution in [3.05, 3.63) is 89.5 Å². The summed E-state index contributed by atoms with van der Waals surface area (Å²) in [5.41, 5.74) is 3.24. The zero-order valence-corrected chi connectivity index (χ0v) is 22.2.